The SMILES string of the molecule is COc1cc(-c2nnc(SCC(=O)N[C@@H]3CCCc4ccccc43)o2)cc(OC)c1OC. The molecule has 9 heteroatoms. The summed E-state index contributed by atoms with van der Waals surface area (Å²) >= 11 is 1.20. The van der Waals surface area contributed by atoms with E-state index < -0.39 is 0 Å². The third-order valence-electron chi connectivity index (χ3n) is 5.35. The van der Waals surface area contributed by atoms with Gasteiger partial charge in [0.05, 0.1) is 33.1 Å². The summed E-state index contributed by atoms with van der Waals surface area (Å²) in [4.78, 5) is 12.5. The number of nitrogens with one attached hydrogen (secondary N) is 1. The molecule has 2 aromatic carbocycles. The molecule has 0 saturated carbocycles. The Labute approximate surface area is 190 Å². The summed E-state index contributed by atoms with van der Waals surface area (Å²) in [6.07, 6.45) is 3.07. The van der Waals surface area contributed by atoms with Crippen LogP contribution in [0.15, 0.2) is 46.0 Å². The van der Waals surface area contributed by atoms with E-state index in [1.807, 2.05) is 12.1 Å². The maximum atomic E-state index is 12.5. The molecule has 1 heterocycles. The van der Waals surface area contributed by atoms with Crippen LogP contribution in [0.3, 0.4) is 0 Å². The fraction of sp³-hybridized carbons (Fsp3) is 0.348. The van der Waals surface area contributed by atoms with Gasteiger partial charge in [-0.3, -0.25) is 4.79 Å². The first-order chi connectivity index (χ1) is 15.6. The van der Waals surface area contributed by atoms with E-state index in [1.165, 1.54) is 22.9 Å². The maximum absolute atomic E-state index is 12.5. The van der Waals surface area contributed by atoms with E-state index in [0.717, 1.165) is 19.3 Å². The molecule has 4 rings (SSSR count). The Morgan fingerprint density at radius 1 is 1.12 bits per heavy atom. The molecule has 0 radical (unpaired) electrons. The Balaban J connectivity index is 1.41. The Kier molecular flexibility index (Phi) is 6.84. The molecule has 0 aliphatic heterocycles. The molecule has 0 fully saturated rings. The van der Waals surface area contributed by atoms with Crippen molar-refractivity contribution in [2.45, 2.75) is 30.5 Å². The maximum Gasteiger partial charge on any atom is 0.277 e. The Bertz CT molecular complexity index is 1080. The minimum absolute atomic E-state index is 0.0468. The molecule has 1 aliphatic carbocycles. The van der Waals surface area contributed by atoms with Crippen LogP contribution in [0.1, 0.15) is 30.0 Å². The summed E-state index contributed by atoms with van der Waals surface area (Å²) in [5.74, 6) is 1.88. The van der Waals surface area contributed by atoms with Crippen LogP contribution in [0.5, 0.6) is 17.2 Å². The molecule has 168 valence electrons. The standard InChI is InChI=1S/C23H25N3O5S/c1-28-18-11-15(12-19(29-2)21(18)30-3)22-25-26-23(31-22)32-13-20(27)24-17-10-6-8-14-7-4-5-9-16(14)17/h4-5,7,9,11-12,17H,6,8,10,13H2,1-3H3,(H,24,27)/t17-/m1/s1. The zero-order chi connectivity index (χ0) is 22.5. The van der Waals surface area contributed by atoms with Crippen LogP contribution in [0, 0.1) is 0 Å². The van der Waals surface area contributed by atoms with Crippen LogP contribution < -0.4 is 19.5 Å². The smallest absolute Gasteiger partial charge is 0.277 e. The zero-order valence-electron chi connectivity index (χ0n) is 18.2. The summed E-state index contributed by atoms with van der Waals surface area (Å²) in [5, 5.41) is 11.6. The average molecular weight is 456 g/mol. The normalized spacial score (nSPS) is 15.0. The fourth-order valence-corrected chi connectivity index (χ4v) is 4.43. The number of amides is 1. The van der Waals surface area contributed by atoms with Gasteiger partial charge >= 0.3 is 0 Å². The Morgan fingerprint density at radius 2 is 1.88 bits per heavy atom. The van der Waals surface area contributed by atoms with Crippen LogP contribution in [-0.2, 0) is 11.2 Å². The van der Waals surface area contributed by atoms with Crippen molar-refractivity contribution in [2.24, 2.45) is 0 Å². The van der Waals surface area contributed by atoms with E-state index in [2.05, 4.69) is 27.6 Å². The van der Waals surface area contributed by atoms with Gasteiger partial charge in [0.15, 0.2) is 11.5 Å². The Hall–Kier alpha value is -3.20. The van der Waals surface area contributed by atoms with E-state index >= 15 is 0 Å². The number of aryl methyl sites for hydroxylation is 1. The number of carbonyl (C=O) groups excluding carboxylic acids is 1. The number of aromatic nitrogens is 2. The van der Waals surface area contributed by atoms with Crippen LogP contribution in [-0.4, -0.2) is 43.2 Å². The summed E-state index contributed by atoms with van der Waals surface area (Å²) in [5.41, 5.74) is 3.14. The molecular formula is C23H25N3O5S. The molecule has 1 aromatic heterocycles. The highest BCUT2D eigenvalue weighted by molar-refractivity contribution is 7.99. The van der Waals surface area contributed by atoms with E-state index in [0.29, 0.717) is 33.9 Å². The molecule has 1 atom stereocenters. The van der Waals surface area contributed by atoms with Crippen LogP contribution >= 0.6 is 11.8 Å². The first-order valence-electron chi connectivity index (χ1n) is 10.3. The molecule has 0 bridgehead atoms. The van der Waals surface area contributed by atoms with Crippen molar-refractivity contribution < 1.29 is 23.4 Å². The summed E-state index contributed by atoms with van der Waals surface area (Å²) in [7, 11) is 4.62. The Morgan fingerprint density at radius 3 is 2.59 bits per heavy atom. The number of ether oxygens (including phenoxy) is 3. The molecule has 3 aromatic rings. The second kappa shape index (κ2) is 9.95. The number of hydrogen-bond acceptors (Lipinski definition) is 8. The second-order valence-corrected chi connectivity index (χ2v) is 8.21. The lowest BCUT2D eigenvalue weighted by Crippen LogP contribution is -2.32. The number of fused-ring (bicyclic) bond motifs is 1. The van der Waals surface area contributed by atoms with Crippen molar-refractivity contribution in [2.75, 3.05) is 27.1 Å². The fourth-order valence-electron chi connectivity index (χ4n) is 3.86. The van der Waals surface area contributed by atoms with Crippen molar-refractivity contribution in [3.63, 3.8) is 0 Å². The summed E-state index contributed by atoms with van der Waals surface area (Å²) in [6, 6.07) is 11.8. The molecule has 0 saturated heterocycles. The van der Waals surface area contributed by atoms with Gasteiger partial charge in [-0.15, -0.1) is 10.2 Å². The van der Waals surface area contributed by atoms with E-state index in [4.69, 9.17) is 18.6 Å². The number of nitrogens with zero attached hydrogens (tertiary/aromatic N) is 2. The van der Waals surface area contributed by atoms with Crippen LogP contribution in [0.4, 0.5) is 0 Å². The minimum Gasteiger partial charge on any atom is -0.493 e. The summed E-state index contributed by atoms with van der Waals surface area (Å²) in [6.45, 7) is 0. The number of thioether (sulfide) groups is 1. The number of benzene rings is 2. The lowest BCUT2D eigenvalue weighted by Gasteiger charge is -2.26. The third-order valence-corrected chi connectivity index (χ3v) is 6.17. The first kappa shape index (κ1) is 22.0. The van der Waals surface area contributed by atoms with Gasteiger partial charge in [0.1, 0.15) is 0 Å². The zero-order valence-corrected chi connectivity index (χ0v) is 19.0. The molecule has 32 heavy (non-hydrogen) atoms. The van der Waals surface area contributed by atoms with E-state index in [9.17, 15) is 4.79 Å². The van der Waals surface area contributed by atoms with Crippen molar-refractivity contribution in [3.05, 3.63) is 47.5 Å². The third kappa shape index (κ3) is 4.67. The number of hydrogen-bond donors (Lipinski definition) is 1. The van der Waals surface area contributed by atoms with Crippen molar-refractivity contribution in [1.82, 2.24) is 15.5 Å². The number of methoxy groups -OCH3 is 3. The van der Waals surface area contributed by atoms with Gasteiger partial charge < -0.3 is 23.9 Å². The highest BCUT2D eigenvalue weighted by Crippen LogP contribution is 2.41. The van der Waals surface area contributed by atoms with Crippen LogP contribution in [0.2, 0.25) is 0 Å². The largest absolute Gasteiger partial charge is 0.493 e. The summed E-state index contributed by atoms with van der Waals surface area (Å²) < 4.78 is 21.8. The van der Waals surface area contributed by atoms with Crippen molar-refractivity contribution in [1.29, 1.82) is 0 Å². The lowest BCUT2D eigenvalue weighted by atomic mass is 9.88. The monoisotopic (exact) mass is 455 g/mol. The molecular weight excluding hydrogens is 430 g/mol. The van der Waals surface area contributed by atoms with Crippen LogP contribution in [0.25, 0.3) is 11.5 Å². The molecule has 1 amide bonds. The van der Waals surface area contributed by atoms with E-state index in [-0.39, 0.29) is 17.7 Å². The minimum atomic E-state index is -0.0655. The predicted molar refractivity (Wildman–Crippen MR) is 120 cm³/mol. The van der Waals surface area contributed by atoms with Crippen molar-refractivity contribution in [3.8, 4) is 28.7 Å². The topological polar surface area (TPSA) is 95.7 Å². The van der Waals surface area contributed by atoms with Gasteiger partial charge in [0.25, 0.3) is 5.22 Å². The second-order valence-electron chi connectivity index (χ2n) is 7.29. The predicted octanol–water partition coefficient (Wildman–Crippen LogP) is 4.05. The highest BCUT2D eigenvalue weighted by Gasteiger charge is 2.22. The van der Waals surface area contributed by atoms with Crippen molar-refractivity contribution >= 4 is 17.7 Å². The average Bonchev–Trinajstić information content (AvgIpc) is 3.31. The van der Waals surface area contributed by atoms with Gasteiger partial charge in [-0.1, -0.05) is 36.0 Å². The molecule has 0 unspecified atom stereocenters. The molecule has 8 nitrogen and oxygen atoms in total. The van der Waals surface area contributed by atoms with Gasteiger partial charge in [-0.05, 0) is 42.5 Å². The first-order valence-corrected chi connectivity index (χ1v) is 11.2. The number of carbonyl (C=O) groups is 1. The number of rotatable bonds is 8. The van der Waals surface area contributed by atoms with E-state index in [1.54, 1.807) is 33.5 Å². The van der Waals surface area contributed by atoms with Gasteiger partial charge in [-0.25, -0.2) is 0 Å². The molecule has 1 N–H and O–H groups in total. The highest BCUT2D eigenvalue weighted by atomic mass is 32.2. The van der Waals surface area contributed by atoms with Gasteiger partial charge in [-0.2, -0.15) is 0 Å². The van der Waals surface area contributed by atoms with Gasteiger partial charge in [0, 0.05) is 5.56 Å². The molecule has 1 aliphatic rings. The quantitative estimate of drug-likeness (QED) is 0.508. The lowest BCUT2D eigenvalue weighted by molar-refractivity contribution is -0.119. The molecule has 0 spiro atoms. The van der Waals surface area contributed by atoms with Gasteiger partial charge in [0.2, 0.25) is 17.5 Å².